The average molecular weight is 564 g/mol. The van der Waals surface area contributed by atoms with Gasteiger partial charge < -0.3 is 25.0 Å². The summed E-state index contributed by atoms with van der Waals surface area (Å²) in [5, 5.41) is 4.59. The third kappa shape index (κ3) is 5.55. The molecular weight excluding hydrogens is 518 g/mol. The van der Waals surface area contributed by atoms with E-state index in [0.717, 1.165) is 101 Å². The summed E-state index contributed by atoms with van der Waals surface area (Å²) in [5.41, 5.74) is 10.0. The lowest BCUT2D eigenvalue weighted by molar-refractivity contribution is -0.139. The van der Waals surface area contributed by atoms with E-state index in [4.69, 9.17) is 20.2 Å². The minimum absolute atomic E-state index is 0.123. The topological polar surface area (TPSA) is 101 Å². The number of aromatic nitrogens is 2. The molecule has 2 aromatic heterocycles. The first-order chi connectivity index (χ1) is 19.9. The molecule has 1 saturated carbocycles. The van der Waals surface area contributed by atoms with Crippen molar-refractivity contribution in [3.8, 4) is 0 Å². The van der Waals surface area contributed by atoms with Crippen LogP contribution in [-0.2, 0) is 14.3 Å². The van der Waals surface area contributed by atoms with E-state index in [1.807, 2.05) is 22.7 Å². The number of rotatable bonds is 8. The molecule has 3 aliphatic heterocycles. The van der Waals surface area contributed by atoms with Gasteiger partial charge in [0.25, 0.3) is 0 Å². The Hall–Kier alpha value is -2.79. The molecule has 6 rings (SSSR count). The van der Waals surface area contributed by atoms with Crippen molar-refractivity contribution < 1.29 is 14.3 Å². The number of carbonyl (C=O) groups excluding carboxylic acids is 1. The third-order valence-electron chi connectivity index (χ3n) is 9.94. The SMILES string of the molecule is COC[C@H](C)N1CCC(OC)(C2C=CC(c3cc4c(N5CCN(C(=O)[C@H]6C[C@H](N)C6)CC5)ccnn4c3)=NC2)CC1. The van der Waals surface area contributed by atoms with Gasteiger partial charge in [-0.15, -0.1) is 0 Å². The molecule has 10 nitrogen and oxygen atoms in total. The lowest BCUT2D eigenvalue weighted by atomic mass is 9.77. The lowest BCUT2D eigenvalue weighted by Crippen LogP contribution is -2.53. The standard InChI is InChI=1S/C31H45N7O3/c1-22(21-40-2)35-10-7-31(41-3,8-11-35)25-4-5-27(33-19-25)24-18-29-28(6-9-34-38(29)20-24)36-12-14-37(15-13-36)30(39)23-16-26(32)17-23/h4-6,9,18,20,22-23,25-26H,7-8,10-17,19,21,32H2,1-3H3/t22-,23-,25?,26-/m0/s1. The molecule has 10 heteroatoms. The number of anilines is 1. The van der Waals surface area contributed by atoms with Crippen molar-refractivity contribution in [1.82, 2.24) is 19.4 Å². The van der Waals surface area contributed by atoms with Crippen LogP contribution in [0.5, 0.6) is 0 Å². The first kappa shape index (κ1) is 28.3. The van der Waals surface area contributed by atoms with E-state index < -0.39 is 0 Å². The Morgan fingerprint density at radius 1 is 1.15 bits per heavy atom. The second-order valence-electron chi connectivity index (χ2n) is 12.3. The molecule has 2 N–H and O–H groups in total. The Labute approximate surface area is 243 Å². The number of carbonyl (C=O) groups is 1. The van der Waals surface area contributed by atoms with Crippen molar-refractivity contribution in [2.75, 3.05) is 71.5 Å². The summed E-state index contributed by atoms with van der Waals surface area (Å²) in [4.78, 5) is 24.7. The van der Waals surface area contributed by atoms with E-state index >= 15 is 0 Å². The molecule has 0 bridgehead atoms. The van der Waals surface area contributed by atoms with E-state index in [9.17, 15) is 4.79 Å². The first-order valence-electron chi connectivity index (χ1n) is 15.2. The highest BCUT2D eigenvalue weighted by atomic mass is 16.5. The largest absolute Gasteiger partial charge is 0.383 e. The number of aliphatic imine (C=N–C) groups is 1. The van der Waals surface area contributed by atoms with Gasteiger partial charge in [-0.3, -0.25) is 14.7 Å². The van der Waals surface area contributed by atoms with Crippen molar-refractivity contribution in [1.29, 1.82) is 0 Å². The van der Waals surface area contributed by atoms with Crippen molar-refractivity contribution in [3.63, 3.8) is 0 Å². The summed E-state index contributed by atoms with van der Waals surface area (Å²) < 4.78 is 13.5. The minimum atomic E-state index is -0.177. The van der Waals surface area contributed by atoms with Crippen LogP contribution in [0.4, 0.5) is 5.69 Å². The van der Waals surface area contributed by atoms with Crippen molar-refractivity contribution in [2.24, 2.45) is 22.6 Å². The number of hydrogen-bond acceptors (Lipinski definition) is 8. The lowest BCUT2D eigenvalue weighted by Gasteiger charge is -2.46. The predicted octanol–water partition coefficient (Wildman–Crippen LogP) is 2.21. The maximum Gasteiger partial charge on any atom is 0.225 e. The summed E-state index contributed by atoms with van der Waals surface area (Å²) in [5.74, 6) is 0.659. The quantitative estimate of drug-likeness (QED) is 0.526. The molecule has 222 valence electrons. The van der Waals surface area contributed by atoms with Gasteiger partial charge in [0, 0.05) is 102 Å². The molecule has 41 heavy (non-hydrogen) atoms. The fourth-order valence-electron chi connectivity index (χ4n) is 7.16. The Kier molecular flexibility index (Phi) is 8.18. The van der Waals surface area contributed by atoms with Gasteiger partial charge in [0.2, 0.25) is 5.91 Å². The molecule has 0 spiro atoms. The fraction of sp³-hybridized carbons (Fsp3) is 0.645. The molecule has 3 fully saturated rings. The fourth-order valence-corrected chi connectivity index (χ4v) is 7.16. The average Bonchev–Trinajstić information content (AvgIpc) is 3.44. The number of methoxy groups -OCH3 is 2. The zero-order valence-electron chi connectivity index (χ0n) is 24.7. The van der Waals surface area contributed by atoms with Crippen LogP contribution in [-0.4, -0.2) is 115 Å². The Balaban J connectivity index is 1.10. The Morgan fingerprint density at radius 2 is 1.90 bits per heavy atom. The number of amides is 1. The van der Waals surface area contributed by atoms with Gasteiger partial charge in [-0.25, -0.2) is 4.52 Å². The molecule has 2 atom stereocenters. The number of piperidine rings is 1. The first-order valence-corrected chi connectivity index (χ1v) is 15.2. The molecule has 2 aromatic rings. The van der Waals surface area contributed by atoms with E-state index in [2.05, 4.69) is 52.3 Å². The second-order valence-corrected chi connectivity index (χ2v) is 12.3. The van der Waals surface area contributed by atoms with Crippen LogP contribution in [0, 0.1) is 11.8 Å². The van der Waals surface area contributed by atoms with E-state index in [1.165, 1.54) is 0 Å². The second kappa shape index (κ2) is 11.8. The maximum absolute atomic E-state index is 12.8. The number of dihydropyridines is 1. The van der Waals surface area contributed by atoms with Crippen LogP contribution in [0.1, 0.15) is 38.2 Å². The highest BCUT2D eigenvalue weighted by Gasteiger charge is 2.42. The number of ether oxygens (including phenoxy) is 2. The van der Waals surface area contributed by atoms with E-state index in [0.29, 0.717) is 6.04 Å². The molecule has 5 heterocycles. The van der Waals surface area contributed by atoms with Crippen LogP contribution in [0.25, 0.3) is 5.52 Å². The Bertz CT molecular complexity index is 1280. The van der Waals surface area contributed by atoms with Gasteiger partial charge in [0.05, 0.1) is 29.1 Å². The number of hydrogen-bond donors (Lipinski definition) is 1. The normalized spacial score (nSPS) is 27.5. The highest BCUT2D eigenvalue weighted by Crippen LogP contribution is 2.37. The molecular formula is C31H45N7O3. The molecule has 0 radical (unpaired) electrons. The van der Waals surface area contributed by atoms with Crippen LogP contribution in [0.3, 0.4) is 0 Å². The van der Waals surface area contributed by atoms with Crippen molar-refractivity contribution >= 4 is 22.8 Å². The van der Waals surface area contributed by atoms with E-state index in [1.54, 1.807) is 7.11 Å². The minimum Gasteiger partial charge on any atom is -0.383 e. The molecule has 1 aliphatic carbocycles. The number of nitrogens with zero attached hydrogens (tertiary/aromatic N) is 6. The molecule has 1 unspecified atom stereocenters. The smallest absolute Gasteiger partial charge is 0.225 e. The summed E-state index contributed by atoms with van der Waals surface area (Å²) in [7, 11) is 3.62. The summed E-state index contributed by atoms with van der Waals surface area (Å²) >= 11 is 0. The highest BCUT2D eigenvalue weighted by molar-refractivity contribution is 6.10. The summed E-state index contributed by atoms with van der Waals surface area (Å²) in [6.45, 7) is 8.85. The maximum atomic E-state index is 12.8. The van der Waals surface area contributed by atoms with Gasteiger partial charge >= 0.3 is 0 Å². The van der Waals surface area contributed by atoms with Crippen LogP contribution >= 0.6 is 0 Å². The number of fused-ring (bicyclic) bond motifs is 1. The zero-order valence-corrected chi connectivity index (χ0v) is 24.7. The van der Waals surface area contributed by atoms with Gasteiger partial charge in [-0.05, 0) is 50.8 Å². The monoisotopic (exact) mass is 563 g/mol. The van der Waals surface area contributed by atoms with Crippen molar-refractivity contribution in [3.05, 3.63) is 42.2 Å². The van der Waals surface area contributed by atoms with Crippen LogP contribution in [0.15, 0.2) is 41.7 Å². The van der Waals surface area contributed by atoms with E-state index in [-0.39, 0.29) is 29.4 Å². The van der Waals surface area contributed by atoms with Gasteiger partial charge in [0.15, 0.2) is 0 Å². The summed E-state index contributed by atoms with van der Waals surface area (Å²) in [6.07, 6.45) is 12.0. The van der Waals surface area contributed by atoms with Crippen molar-refractivity contribution in [2.45, 2.75) is 50.3 Å². The number of allylic oxidation sites excluding steroid dienone is 1. The number of nitrogens with two attached hydrogens (primary N) is 1. The van der Waals surface area contributed by atoms with Crippen LogP contribution in [0.2, 0.25) is 0 Å². The van der Waals surface area contributed by atoms with Gasteiger partial charge in [0.1, 0.15) is 0 Å². The molecule has 4 aliphatic rings. The number of piperazine rings is 1. The van der Waals surface area contributed by atoms with Gasteiger partial charge in [-0.2, -0.15) is 5.10 Å². The third-order valence-corrected chi connectivity index (χ3v) is 9.94. The Morgan fingerprint density at radius 3 is 2.54 bits per heavy atom. The number of likely N-dealkylation sites (tertiary alicyclic amines) is 1. The predicted molar refractivity (Wildman–Crippen MR) is 161 cm³/mol. The zero-order chi connectivity index (χ0) is 28.6. The van der Waals surface area contributed by atoms with Gasteiger partial charge in [-0.1, -0.05) is 6.08 Å². The molecule has 1 amide bonds. The molecule has 0 aromatic carbocycles. The molecule has 2 saturated heterocycles. The summed E-state index contributed by atoms with van der Waals surface area (Å²) in [6, 6.07) is 4.89. The van der Waals surface area contributed by atoms with Crippen LogP contribution < -0.4 is 10.6 Å².